The predicted octanol–water partition coefficient (Wildman–Crippen LogP) is 2.84. The van der Waals surface area contributed by atoms with Crippen molar-refractivity contribution < 1.29 is 4.74 Å². The van der Waals surface area contributed by atoms with Crippen molar-refractivity contribution in [3.05, 3.63) is 22.4 Å². The summed E-state index contributed by atoms with van der Waals surface area (Å²) in [6.07, 6.45) is 3.38. The Kier molecular flexibility index (Phi) is 4.00. The molecule has 90 valence electrons. The molecule has 1 fully saturated rings. The molecule has 1 aliphatic rings. The minimum atomic E-state index is 0.272. The summed E-state index contributed by atoms with van der Waals surface area (Å²) < 4.78 is 5.41. The molecule has 1 N–H and O–H groups in total. The predicted molar refractivity (Wildman–Crippen MR) is 69.1 cm³/mol. The molecule has 0 aromatic carbocycles. The van der Waals surface area contributed by atoms with Gasteiger partial charge in [0.1, 0.15) is 0 Å². The SMILES string of the molecule is CC(Cc1ccsc1)NC1(C)CCOCC1. The highest BCUT2D eigenvalue weighted by molar-refractivity contribution is 7.07. The molecular weight excluding hydrogens is 218 g/mol. The zero-order valence-corrected chi connectivity index (χ0v) is 11.0. The highest BCUT2D eigenvalue weighted by Gasteiger charge is 2.28. The van der Waals surface area contributed by atoms with Gasteiger partial charge < -0.3 is 10.1 Å². The highest BCUT2D eigenvalue weighted by atomic mass is 32.1. The van der Waals surface area contributed by atoms with E-state index in [1.165, 1.54) is 5.56 Å². The maximum atomic E-state index is 5.41. The number of thiophene rings is 1. The average molecular weight is 239 g/mol. The van der Waals surface area contributed by atoms with E-state index in [-0.39, 0.29) is 5.54 Å². The lowest BCUT2D eigenvalue weighted by Gasteiger charge is -2.37. The molecule has 2 rings (SSSR count). The van der Waals surface area contributed by atoms with E-state index >= 15 is 0 Å². The molecular formula is C13H21NOS. The van der Waals surface area contributed by atoms with Crippen LogP contribution in [-0.4, -0.2) is 24.8 Å². The van der Waals surface area contributed by atoms with Crippen LogP contribution in [0.3, 0.4) is 0 Å². The Hall–Kier alpha value is -0.380. The minimum absolute atomic E-state index is 0.272. The van der Waals surface area contributed by atoms with Gasteiger partial charge in [0, 0.05) is 24.8 Å². The van der Waals surface area contributed by atoms with Crippen molar-refractivity contribution in [2.75, 3.05) is 13.2 Å². The second-order valence-corrected chi connectivity index (χ2v) is 5.83. The number of hydrogen-bond donors (Lipinski definition) is 1. The molecule has 0 radical (unpaired) electrons. The van der Waals surface area contributed by atoms with Crippen LogP contribution in [0.25, 0.3) is 0 Å². The summed E-state index contributed by atoms with van der Waals surface area (Å²) in [4.78, 5) is 0. The van der Waals surface area contributed by atoms with Gasteiger partial charge in [-0.3, -0.25) is 0 Å². The van der Waals surface area contributed by atoms with Crippen molar-refractivity contribution in [2.45, 2.75) is 44.7 Å². The monoisotopic (exact) mass is 239 g/mol. The Morgan fingerprint density at radius 1 is 1.50 bits per heavy atom. The Balaban J connectivity index is 1.84. The minimum Gasteiger partial charge on any atom is -0.381 e. The van der Waals surface area contributed by atoms with Crippen LogP contribution in [-0.2, 0) is 11.2 Å². The van der Waals surface area contributed by atoms with E-state index in [4.69, 9.17) is 4.74 Å². The van der Waals surface area contributed by atoms with Crippen LogP contribution in [0.4, 0.5) is 0 Å². The first-order chi connectivity index (χ1) is 7.68. The van der Waals surface area contributed by atoms with Crippen LogP contribution in [0.15, 0.2) is 16.8 Å². The normalized spacial score (nSPS) is 21.9. The van der Waals surface area contributed by atoms with Gasteiger partial charge in [0.2, 0.25) is 0 Å². The van der Waals surface area contributed by atoms with E-state index in [1.807, 2.05) is 0 Å². The van der Waals surface area contributed by atoms with Gasteiger partial charge in [-0.15, -0.1) is 0 Å². The molecule has 0 amide bonds. The molecule has 2 heterocycles. The molecule has 1 atom stereocenters. The van der Waals surface area contributed by atoms with E-state index in [0.717, 1.165) is 32.5 Å². The van der Waals surface area contributed by atoms with Gasteiger partial charge in [-0.2, -0.15) is 11.3 Å². The quantitative estimate of drug-likeness (QED) is 0.872. The van der Waals surface area contributed by atoms with Crippen LogP contribution in [0.2, 0.25) is 0 Å². The van der Waals surface area contributed by atoms with E-state index in [2.05, 4.69) is 36.0 Å². The zero-order chi connectivity index (χ0) is 11.4. The van der Waals surface area contributed by atoms with Gasteiger partial charge in [0.25, 0.3) is 0 Å². The Morgan fingerprint density at radius 2 is 2.25 bits per heavy atom. The van der Waals surface area contributed by atoms with Crippen LogP contribution in [0.1, 0.15) is 32.3 Å². The fraction of sp³-hybridized carbons (Fsp3) is 0.692. The molecule has 0 bridgehead atoms. The van der Waals surface area contributed by atoms with E-state index in [9.17, 15) is 0 Å². The van der Waals surface area contributed by atoms with Crippen molar-refractivity contribution >= 4 is 11.3 Å². The van der Waals surface area contributed by atoms with E-state index in [1.54, 1.807) is 11.3 Å². The average Bonchev–Trinajstić information content (AvgIpc) is 2.70. The highest BCUT2D eigenvalue weighted by Crippen LogP contribution is 2.21. The maximum absolute atomic E-state index is 5.41. The molecule has 16 heavy (non-hydrogen) atoms. The third-order valence-corrected chi connectivity index (χ3v) is 4.05. The largest absolute Gasteiger partial charge is 0.381 e. The summed E-state index contributed by atoms with van der Waals surface area (Å²) in [7, 11) is 0. The van der Waals surface area contributed by atoms with Gasteiger partial charge in [-0.05, 0) is 55.5 Å². The molecule has 1 aromatic rings. The second-order valence-electron chi connectivity index (χ2n) is 5.05. The summed E-state index contributed by atoms with van der Waals surface area (Å²) in [6, 6.07) is 2.76. The molecule has 0 spiro atoms. The first kappa shape index (κ1) is 12.1. The van der Waals surface area contributed by atoms with Crippen LogP contribution < -0.4 is 5.32 Å². The van der Waals surface area contributed by atoms with Crippen molar-refractivity contribution in [3.8, 4) is 0 Å². The molecule has 3 heteroatoms. The van der Waals surface area contributed by atoms with Gasteiger partial charge in [0.05, 0.1) is 0 Å². The van der Waals surface area contributed by atoms with Crippen LogP contribution in [0, 0.1) is 0 Å². The Morgan fingerprint density at radius 3 is 2.88 bits per heavy atom. The molecule has 0 aliphatic carbocycles. The third kappa shape index (κ3) is 3.30. The summed E-state index contributed by atoms with van der Waals surface area (Å²) in [5.74, 6) is 0. The topological polar surface area (TPSA) is 21.3 Å². The lowest BCUT2D eigenvalue weighted by atomic mass is 9.91. The number of hydrogen-bond acceptors (Lipinski definition) is 3. The fourth-order valence-corrected chi connectivity index (χ4v) is 3.06. The first-order valence-corrected chi connectivity index (χ1v) is 6.99. The van der Waals surface area contributed by atoms with Gasteiger partial charge in [0.15, 0.2) is 0 Å². The summed E-state index contributed by atoms with van der Waals surface area (Å²) in [5, 5.41) is 8.15. The number of ether oxygens (including phenoxy) is 1. The van der Waals surface area contributed by atoms with Gasteiger partial charge >= 0.3 is 0 Å². The molecule has 1 saturated heterocycles. The van der Waals surface area contributed by atoms with E-state index < -0.39 is 0 Å². The standard InChI is InChI=1S/C13H21NOS/c1-11(9-12-3-8-16-10-12)14-13(2)4-6-15-7-5-13/h3,8,10-11,14H,4-7,9H2,1-2H3. The van der Waals surface area contributed by atoms with Crippen molar-refractivity contribution in [1.82, 2.24) is 5.32 Å². The summed E-state index contributed by atoms with van der Waals surface area (Å²) in [5.41, 5.74) is 1.72. The Bertz CT molecular complexity index is 304. The maximum Gasteiger partial charge on any atom is 0.0483 e. The van der Waals surface area contributed by atoms with Gasteiger partial charge in [-0.1, -0.05) is 0 Å². The fourth-order valence-electron chi connectivity index (χ4n) is 2.37. The zero-order valence-electron chi connectivity index (χ0n) is 10.2. The van der Waals surface area contributed by atoms with Gasteiger partial charge in [-0.25, -0.2) is 0 Å². The molecule has 1 aliphatic heterocycles. The smallest absolute Gasteiger partial charge is 0.0483 e. The molecule has 2 nitrogen and oxygen atoms in total. The molecule has 1 aromatic heterocycles. The third-order valence-electron chi connectivity index (χ3n) is 3.31. The van der Waals surface area contributed by atoms with Crippen LogP contribution >= 0.6 is 11.3 Å². The lowest BCUT2D eigenvalue weighted by molar-refractivity contribution is 0.0414. The second kappa shape index (κ2) is 5.30. The molecule has 0 saturated carbocycles. The van der Waals surface area contributed by atoms with Crippen LogP contribution in [0.5, 0.6) is 0 Å². The van der Waals surface area contributed by atoms with Crippen molar-refractivity contribution in [2.24, 2.45) is 0 Å². The molecule has 1 unspecified atom stereocenters. The lowest BCUT2D eigenvalue weighted by Crippen LogP contribution is -2.51. The van der Waals surface area contributed by atoms with Crippen molar-refractivity contribution in [3.63, 3.8) is 0 Å². The summed E-state index contributed by atoms with van der Waals surface area (Å²) >= 11 is 1.78. The van der Waals surface area contributed by atoms with Crippen molar-refractivity contribution in [1.29, 1.82) is 0 Å². The number of nitrogens with one attached hydrogen (secondary N) is 1. The summed E-state index contributed by atoms with van der Waals surface area (Å²) in [6.45, 7) is 6.39. The van der Waals surface area contributed by atoms with E-state index in [0.29, 0.717) is 6.04 Å². The first-order valence-electron chi connectivity index (χ1n) is 6.04. The number of rotatable bonds is 4. The Labute approximate surface area is 102 Å².